The van der Waals surface area contributed by atoms with Gasteiger partial charge in [0, 0.05) is 50.5 Å². The number of H-pyrrole nitrogens is 1. The smallest absolute Gasteiger partial charge is 0.264 e. The average molecular weight is 494 g/mol. The first kappa shape index (κ1) is 22.7. The maximum absolute atomic E-state index is 12.6. The van der Waals surface area contributed by atoms with Gasteiger partial charge in [-0.1, -0.05) is 0 Å². The highest BCUT2D eigenvalue weighted by Gasteiger charge is 2.22. The van der Waals surface area contributed by atoms with Crippen LogP contribution < -0.4 is 14.9 Å². The van der Waals surface area contributed by atoms with Gasteiger partial charge in [-0.15, -0.1) is 0 Å². The van der Waals surface area contributed by atoms with E-state index in [0.717, 1.165) is 29.9 Å². The Kier molecular flexibility index (Phi) is 6.25. The van der Waals surface area contributed by atoms with Gasteiger partial charge in [0.15, 0.2) is 0 Å². The van der Waals surface area contributed by atoms with E-state index in [2.05, 4.69) is 44.8 Å². The van der Waals surface area contributed by atoms with E-state index < -0.39 is 10.0 Å². The highest BCUT2D eigenvalue weighted by atomic mass is 32.2. The van der Waals surface area contributed by atoms with Crippen molar-refractivity contribution in [1.82, 2.24) is 29.8 Å². The molecule has 3 N–H and O–H groups in total. The first-order valence-electron chi connectivity index (χ1n) is 10.9. The number of hydrogen-bond acceptors (Lipinski definition) is 9. The van der Waals surface area contributed by atoms with Gasteiger partial charge in [-0.2, -0.15) is 0 Å². The van der Waals surface area contributed by atoms with Crippen LogP contribution in [0, 0.1) is 0 Å². The van der Waals surface area contributed by atoms with Gasteiger partial charge >= 0.3 is 0 Å². The Bertz CT molecular complexity index is 1420. The Morgan fingerprint density at radius 1 is 0.971 bits per heavy atom. The molecule has 0 atom stereocenters. The highest BCUT2D eigenvalue weighted by Crippen LogP contribution is 2.23. The molecule has 0 unspecified atom stereocenters. The summed E-state index contributed by atoms with van der Waals surface area (Å²) >= 11 is 0. The third-order valence-electron chi connectivity index (χ3n) is 5.61. The van der Waals surface area contributed by atoms with E-state index in [-0.39, 0.29) is 23.3 Å². The van der Waals surface area contributed by atoms with Crippen LogP contribution in [0.5, 0.6) is 0 Å². The molecule has 0 saturated carbocycles. The molecule has 1 aliphatic rings. The number of aromatic nitrogens is 5. The van der Waals surface area contributed by atoms with Gasteiger partial charge in [-0.25, -0.2) is 33.1 Å². The zero-order chi connectivity index (χ0) is 24.3. The average Bonchev–Trinajstić information content (AvgIpc) is 3.34. The third-order valence-corrected chi connectivity index (χ3v) is 6.96. The minimum atomic E-state index is -3.83. The van der Waals surface area contributed by atoms with Crippen molar-refractivity contribution in [3.05, 3.63) is 61.3 Å². The molecule has 1 aromatic carbocycles. The molecule has 3 aromatic heterocycles. The molecule has 4 heterocycles. The summed E-state index contributed by atoms with van der Waals surface area (Å²) in [5.74, 6) is 0.714. The summed E-state index contributed by atoms with van der Waals surface area (Å²) in [6.07, 6.45) is 6.29. The molecular formula is C22H23N9O3S. The Morgan fingerprint density at radius 3 is 2.46 bits per heavy atom. The van der Waals surface area contributed by atoms with E-state index in [1.54, 1.807) is 24.5 Å². The lowest BCUT2D eigenvalue weighted by atomic mass is 10.2. The van der Waals surface area contributed by atoms with Gasteiger partial charge in [-0.3, -0.25) is 9.69 Å². The van der Waals surface area contributed by atoms with Crippen LogP contribution >= 0.6 is 0 Å². The molecule has 0 radical (unpaired) electrons. The number of hydrogen-bond donors (Lipinski definition) is 3. The highest BCUT2D eigenvalue weighted by molar-refractivity contribution is 7.92. The van der Waals surface area contributed by atoms with Crippen molar-refractivity contribution < 1.29 is 13.2 Å². The lowest BCUT2D eigenvalue weighted by molar-refractivity contribution is -0.117. The van der Waals surface area contributed by atoms with Crippen LogP contribution in [0.2, 0.25) is 0 Å². The summed E-state index contributed by atoms with van der Waals surface area (Å²) in [6, 6.07) is 9.49. The molecule has 12 nitrogen and oxygen atoms in total. The number of fused-ring (bicyclic) bond motifs is 1. The molecule has 1 fully saturated rings. The Labute approximate surface area is 201 Å². The SMILES string of the molecule is O=C(CN1CCN(c2ncnc3[nH]ccc23)CC1)Nc1ccc(S(=O)(=O)Nc2ncccn2)cc1. The first-order valence-corrected chi connectivity index (χ1v) is 12.4. The van der Waals surface area contributed by atoms with Crippen molar-refractivity contribution in [2.45, 2.75) is 4.90 Å². The van der Waals surface area contributed by atoms with Crippen LogP contribution in [0.1, 0.15) is 0 Å². The number of sulfonamides is 1. The fourth-order valence-electron chi connectivity index (χ4n) is 3.88. The molecule has 35 heavy (non-hydrogen) atoms. The predicted octanol–water partition coefficient (Wildman–Crippen LogP) is 1.31. The Hall–Kier alpha value is -4.10. The zero-order valence-corrected chi connectivity index (χ0v) is 19.4. The van der Waals surface area contributed by atoms with Crippen molar-refractivity contribution in [1.29, 1.82) is 0 Å². The number of anilines is 3. The molecule has 0 aliphatic carbocycles. The van der Waals surface area contributed by atoms with Gasteiger partial charge in [0.2, 0.25) is 11.9 Å². The van der Waals surface area contributed by atoms with Crippen LogP contribution in [0.3, 0.4) is 0 Å². The van der Waals surface area contributed by atoms with E-state index >= 15 is 0 Å². The summed E-state index contributed by atoms with van der Waals surface area (Å²) in [5, 5.41) is 3.80. The quantitative estimate of drug-likeness (QED) is 0.346. The van der Waals surface area contributed by atoms with Crippen molar-refractivity contribution in [2.24, 2.45) is 0 Å². The fraction of sp³-hybridized carbons (Fsp3) is 0.227. The molecular weight excluding hydrogens is 470 g/mol. The summed E-state index contributed by atoms with van der Waals surface area (Å²) in [4.78, 5) is 36.3. The predicted molar refractivity (Wildman–Crippen MR) is 130 cm³/mol. The van der Waals surface area contributed by atoms with Crippen LogP contribution in [0.25, 0.3) is 11.0 Å². The second-order valence-corrected chi connectivity index (χ2v) is 9.63. The number of rotatable bonds is 7. The molecule has 5 rings (SSSR count). The monoisotopic (exact) mass is 493 g/mol. The summed E-state index contributed by atoms with van der Waals surface area (Å²) in [7, 11) is -3.83. The molecule has 1 saturated heterocycles. The minimum Gasteiger partial charge on any atom is -0.353 e. The standard InChI is InChI=1S/C22H23N9O3S/c32-19(14-30-10-12-31(13-11-30)21-18-6-9-23-20(18)26-15-27-21)28-16-2-4-17(5-3-16)35(33,34)29-22-24-7-1-8-25-22/h1-9,15H,10-14H2,(H,28,32)(H,23,26,27)(H,24,25,29). The van der Waals surface area contributed by atoms with Gasteiger partial charge in [-0.05, 0) is 36.4 Å². The molecule has 0 spiro atoms. The number of aromatic amines is 1. The maximum Gasteiger partial charge on any atom is 0.264 e. The van der Waals surface area contributed by atoms with Crippen LogP contribution in [-0.2, 0) is 14.8 Å². The molecule has 180 valence electrons. The van der Waals surface area contributed by atoms with Gasteiger partial charge in [0.1, 0.15) is 17.8 Å². The fourth-order valence-corrected chi connectivity index (χ4v) is 4.84. The van der Waals surface area contributed by atoms with Crippen molar-refractivity contribution in [3.8, 4) is 0 Å². The van der Waals surface area contributed by atoms with E-state index in [1.165, 1.54) is 24.5 Å². The molecule has 1 amide bonds. The number of carbonyl (C=O) groups excluding carboxylic acids is 1. The van der Waals surface area contributed by atoms with E-state index in [0.29, 0.717) is 18.8 Å². The van der Waals surface area contributed by atoms with E-state index in [9.17, 15) is 13.2 Å². The van der Waals surface area contributed by atoms with Crippen LogP contribution in [-0.4, -0.2) is 76.9 Å². The topological polar surface area (TPSA) is 149 Å². The van der Waals surface area contributed by atoms with Crippen molar-refractivity contribution >= 4 is 44.4 Å². The Balaban J connectivity index is 1.13. The third kappa shape index (κ3) is 5.20. The Morgan fingerprint density at radius 2 is 1.71 bits per heavy atom. The van der Waals surface area contributed by atoms with E-state index in [1.807, 2.05) is 12.3 Å². The number of carbonyl (C=O) groups is 1. The molecule has 13 heteroatoms. The van der Waals surface area contributed by atoms with Crippen LogP contribution in [0.4, 0.5) is 17.5 Å². The minimum absolute atomic E-state index is 0.0118. The number of amides is 1. The van der Waals surface area contributed by atoms with Crippen LogP contribution in [0.15, 0.2) is 66.2 Å². The summed E-state index contributed by atoms with van der Waals surface area (Å²) < 4.78 is 27.3. The molecule has 1 aliphatic heterocycles. The van der Waals surface area contributed by atoms with E-state index in [4.69, 9.17) is 0 Å². The van der Waals surface area contributed by atoms with Gasteiger partial charge in [0.05, 0.1) is 16.8 Å². The normalized spacial score (nSPS) is 14.7. The zero-order valence-electron chi connectivity index (χ0n) is 18.6. The number of nitrogens with one attached hydrogen (secondary N) is 3. The van der Waals surface area contributed by atoms with Crippen molar-refractivity contribution in [2.75, 3.05) is 47.7 Å². The second-order valence-electron chi connectivity index (χ2n) is 7.95. The van der Waals surface area contributed by atoms with Gasteiger partial charge < -0.3 is 15.2 Å². The lowest BCUT2D eigenvalue weighted by Gasteiger charge is -2.35. The lowest BCUT2D eigenvalue weighted by Crippen LogP contribution is -2.49. The van der Waals surface area contributed by atoms with Gasteiger partial charge in [0.25, 0.3) is 10.0 Å². The maximum atomic E-state index is 12.6. The first-order chi connectivity index (χ1) is 17.0. The molecule has 4 aromatic rings. The number of piperazine rings is 1. The number of nitrogens with zero attached hydrogens (tertiary/aromatic N) is 6. The number of benzene rings is 1. The second kappa shape index (κ2) is 9.64. The van der Waals surface area contributed by atoms with Crippen molar-refractivity contribution in [3.63, 3.8) is 0 Å². The summed E-state index contributed by atoms with van der Waals surface area (Å²) in [6.45, 7) is 3.16. The molecule has 0 bridgehead atoms. The largest absolute Gasteiger partial charge is 0.353 e. The summed E-state index contributed by atoms with van der Waals surface area (Å²) in [5.41, 5.74) is 1.32.